The molecule has 3 aromatic rings. The van der Waals surface area contributed by atoms with Gasteiger partial charge in [-0.05, 0) is 25.5 Å². The topological polar surface area (TPSA) is 64.7 Å². The molecule has 6 nitrogen and oxygen atoms in total. The van der Waals surface area contributed by atoms with Gasteiger partial charge in [-0.15, -0.1) is 0 Å². The van der Waals surface area contributed by atoms with Crippen LogP contribution >= 0.6 is 0 Å². The molecule has 0 bridgehead atoms. The quantitative estimate of drug-likeness (QED) is 0.788. The molecular weight excluding hydrogens is 290 g/mol. The number of carbonyl (C=O) groups is 1. The summed E-state index contributed by atoms with van der Waals surface area (Å²) >= 11 is 0. The average Bonchev–Trinajstić information content (AvgIpc) is 3.16. The molecule has 0 spiro atoms. The number of nitrogens with one attached hydrogen (secondary N) is 1. The van der Waals surface area contributed by atoms with E-state index in [1.165, 1.54) is 11.1 Å². The molecule has 1 amide bonds. The van der Waals surface area contributed by atoms with E-state index < -0.39 is 0 Å². The molecule has 0 aliphatic rings. The molecule has 2 heterocycles. The summed E-state index contributed by atoms with van der Waals surface area (Å²) in [6.07, 6.45) is 3.48. The molecule has 0 atom stereocenters. The van der Waals surface area contributed by atoms with E-state index in [-0.39, 0.29) is 5.91 Å². The monoisotopic (exact) mass is 309 g/mol. The zero-order valence-corrected chi connectivity index (χ0v) is 13.2. The van der Waals surface area contributed by atoms with Crippen molar-refractivity contribution in [3.05, 3.63) is 65.6 Å². The lowest BCUT2D eigenvalue weighted by atomic mass is 10.1. The van der Waals surface area contributed by atoms with E-state index in [4.69, 9.17) is 0 Å². The second-order valence-corrected chi connectivity index (χ2v) is 5.37. The summed E-state index contributed by atoms with van der Waals surface area (Å²) in [6.45, 7) is 5.33. The summed E-state index contributed by atoms with van der Waals surface area (Å²) < 4.78 is 3.46. The molecular formula is C17H19N5O. The summed E-state index contributed by atoms with van der Waals surface area (Å²) in [7, 11) is 0. The van der Waals surface area contributed by atoms with E-state index in [9.17, 15) is 4.79 Å². The third kappa shape index (κ3) is 3.48. The zero-order valence-electron chi connectivity index (χ0n) is 13.2. The van der Waals surface area contributed by atoms with E-state index in [0.29, 0.717) is 24.6 Å². The lowest BCUT2D eigenvalue weighted by Gasteiger charge is -2.05. The van der Waals surface area contributed by atoms with Crippen molar-refractivity contribution in [2.45, 2.75) is 26.9 Å². The molecule has 6 heteroatoms. The van der Waals surface area contributed by atoms with Crippen molar-refractivity contribution < 1.29 is 4.79 Å². The van der Waals surface area contributed by atoms with Crippen molar-refractivity contribution in [2.75, 3.05) is 5.32 Å². The maximum Gasteiger partial charge on any atom is 0.275 e. The van der Waals surface area contributed by atoms with E-state index in [1.807, 2.05) is 23.9 Å². The van der Waals surface area contributed by atoms with Crippen LogP contribution in [0.2, 0.25) is 0 Å². The fourth-order valence-electron chi connectivity index (χ4n) is 2.47. The number of anilines is 1. The van der Waals surface area contributed by atoms with E-state index in [2.05, 4.69) is 40.6 Å². The number of rotatable bonds is 5. The Labute approximate surface area is 134 Å². The van der Waals surface area contributed by atoms with Crippen LogP contribution in [0.15, 0.2) is 48.8 Å². The number of hydrogen-bond acceptors (Lipinski definition) is 3. The highest BCUT2D eigenvalue weighted by atomic mass is 16.2. The van der Waals surface area contributed by atoms with Crippen molar-refractivity contribution in [2.24, 2.45) is 0 Å². The first-order valence-corrected chi connectivity index (χ1v) is 7.58. The Kier molecular flexibility index (Phi) is 4.23. The van der Waals surface area contributed by atoms with Crippen LogP contribution < -0.4 is 5.32 Å². The van der Waals surface area contributed by atoms with Gasteiger partial charge in [0.05, 0.1) is 6.54 Å². The molecule has 0 aliphatic heterocycles. The van der Waals surface area contributed by atoms with Gasteiger partial charge in [-0.1, -0.05) is 29.8 Å². The summed E-state index contributed by atoms with van der Waals surface area (Å²) in [5.41, 5.74) is 2.92. The predicted octanol–water partition coefficient (Wildman–Crippen LogP) is 2.71. The van der Waals surface area contributed by atoms with Gasteiger partial charge < -0.3 is 5.32 Å². The van der Waals surface area contributed by atoms with Gasteiger partial charge in [0.15, 0.2) is 5.82 Å². The zero-order chi connectivity index (χ0) is 16.2. The summed E-state index contributed by atoms with van der Waals surface area (Å²) in [5, 5.41) is 11.3. The number of carbonyl (C=O) groups excluding carboxylic acids is 1. The number of aromatic nitrogens is 4. The highest BCUT2D eigenvalue weighted by Crippen LogP contribution is 2.10. The minimum absolute atomic E-state index is 0.204. The number of amides is 1. The van der Waals surface area contributed by atoms with Crippen LogP contribution in [-0.2, 0) is 13.1 Å². The van der Waals surface area contributed by atoms with Gasteiger partial charge in [0, 0.05) is 25.0 Å². The molecule has 23 heavy (non-hydrogen) atoms. The van der Waals surface area contributed by atoms with Gasteiger partial charge in [-0.2, -0.15) is 10.2 Å². The largest absolute Gasteiger partial charge is 0.304 e. The van der Waals surface area contributed by atoms with E-state index >= 15 is 0 Å². The van der Waals surface area contributed by atoms with Gasteiger partial charge in [0.2, 0.25) is 0 Å². The van der Waals surface area contributed by atoms with Crippen molar-refractivity contribution in [3.63, 3.8) is 0 Å². The smallest absolute Gasteiger partial charge is 0.275 e. The normalized spacial score (nSPS) is 10.7. The van der Waals surface area contributed by atoms with Gasteiger partial charge in [-0.25, -0.2) is 0 Å². The van der Waals surface area contributed by atoms with E-state index in [1.54, 1.807) is 23.0 Å². The van der Waals surface area contributed by atoms with Crippen molar-refractivity contribution in [1.82, 2.24) is 19.6 Å². The second-order valence-electron chi connectivity index (χ2n) is 5.37. The molecule has 0 saturated heterocycles. The molecule has 0 unspecified atom stereocenters. The Morgan fingerprint density at radius 1 is 1.26 bits per heavy atom. The number of nitrogens with zero attached hydrogens (tertiary/aromatic N) is 4. The Hall–Kier alpha value is -2.89. The highest BCUT2D eigenvalue weighted by Gasteiger charge is 2.12. The summed E-state index contributed by atoms with van der Waals surface area (Å²) in [5.74, 6) is 0.330. The third-order valence-electron chi connectivity index (χ3n) is 3.56. The van der Waals surface area contributed by atoms with Gasteiger partial charge in [0.25, 0.3) is 5.91 Å². The van der Waals surface area contributed by atoms with Gasteiger partial charge in [-0.3, -0.25) is 14.2 Å². The van der Waals surface area contributed by atoms with E-state index in [0.717, 1.165) is 0 Å². The molecule has 0 fully saturated rings. The van der Waals surface area contributed by atoms with Gasteiger partial charge >= 0.3 is 0 Å². The van der Waals surface area contributed by atoms with Crippen molar-refractivity contribution >= 4 is 11.7 Å². The van der Waals surface area contributed by atoms with Crippen LogP contribution in [-0.4, -0.2) is 25.5 Å². The molecule has 2 aromatic heterocycles. The number of aryl methyl sites for hydroxylation is 2. The van der Waals surface area contributed by atoms with Crippen LogP contribution in [0.5, 0.6) is 0 Å². The highest BCUT2D eigenvalue weighted by molar-refractivity contribution is 6.02. The van der Waals surface area contributed by atoms with Crippen molar-refractivity contribution in [1.29, 1.82) is 0 Å². The molecule has 118 valence electrons. The molecule has 1 N–H and O–H groups in total. The molecule has 0 saturated carbocycles. The number of benzene rings is 1. The van der Waals surface area contributed by atoms with Crippen LogP contribution in [0.1, 0.15) is 28.5 Å². The Balaban J connectivity index is 1.69. The first-order chi connectivity index (χ1) is 11.2. The first-order valence-electron chi connectivity index (χ1n) is 7.58. The van der Waals surface area contributed by atoms with Crippen molar-refractivity contribution in [3.8, 4) is 0 Å². The summed E-state index contributed by atoms with van der Waals surface area (Å²) in [6, 6.07) is 11.8. The maximum atomic E-state index is 12.2. The lowest BCUT2D eigenvalue weighted by molar-refractivity contribution is 0.101. The second kappa shape index (κ2) is 6.48. The average molecular weight is 309 g/mol. The fraction of sp³-hybridized carbons (Fsp3) is 0.235. The molecule has 1 aromatic carbocycles. The van der Waals surface area contributed by atoms with Crippen LogP contribution in [0.25, 0.3) is 0 Å². The van der Waals surface area contributed by atoms with Crippen LogP contribution in [0, 0.1) is 6.92 Å². The minimum atomic E-state index is -0.204. The Bertz CT molecular complexity index is 818. The SMILES string of the molecule is CCn1nccc1C(=O)Nc1ccn(Cc2cccc(C)c2)n1. The Morgan fingerprint density at radius 3 is 2.91 bits per heavy atom. The van der Waals surface area contributed by atoms with Crippen LogP contribution in [0.3, 0.4) is 0 Å². The number of hydrogen-bond donors (Lipinski definition) is 1. The fourth-order valence-corrected chi connectivity index (χ4v) is 2.47. The lowest BCUT2D eigenvalue weighted by Crippen LogP contribution is -2.17. The molecule has 0 aliphatic carbocycles. The minimum Gasteiger partial charge on any atom is -0.304 e. The molecule has 0 radical (unpaired) electrons. The standard InChI is InChI=1S/C17H19N5O/c1-3-22-15(7-9-18-22)17(23)19-16-8-10-21(20-16)12-14-6-4-5-13(2)11-14/h4-11H,3,12H2,1-2H3,(H,19,20,23). The predicted molar refractivity (Wildman–Crippen MR) is 88.4 cm³/mol. The summed E-state index contributed by atoms with van der Waals surface area (Å²) in [4.78, 5) is 12.2. The maximum absolute atomic E-state index is 12.2. The Morgan fingerprint density at radius 2 is 2.13 bits per heavy atom. The first kappa shape index (κ1) is 15.0. The third-order valence-corrected chi connectivity index (χ3v) is 3.56. The van der Waals surface area contributed by atoms with Crippen LogP contribution in [0.4, 0.5) is 5.82 Å². The molecule has 3 rings (SSSR count). The van der Waals surface area contributed by atoms with Gasteiger partial charge in [0.1, 0.15) is 5.69 Å².